The van der Waals surface area contributed by atoms with E-state index >= 15 is 0 Å². The molecule has 0 spiro atoms. The fourth-order valence-corrected chi connectivity index (χ4v) is 4.02. The number of ether oxygens (including phenoxy) is 1. The van der Waals surface area contributed by atoms with Crippen molar-refractivity contribution in [1.82, 2.24) is 10.6 Å². The molecule has 0 bridgehead atoms. The lowest BCUT2D eigenvalue weighted by atomic mass is 9.91. The molecule has 1 aliphatic rings. The van der Waals surface area contributed by atoms with Gasteiger partial charge in [-0.2, -0.15) is 0 Å². The molecule has 24 heavy (non-hydrogen) atoms. The molecule has 1 fully saturated rings. The first kappa shape index (κ1) is 19.1. The van der Waals surface area contributed by atoms with E-state index in [0.717, 1.165) is 28.1 Å². The van der Waals surface area contributed by atoms with Crippen LogP contribution in [0.25, 0.3) is 10.1 Å². The van der Waals surface area contributed by atoms with Crippen LogP contribution in [0.5, 0.6) is 0 Å². The SMILES string of the molecule is COC1(C(=O)NCC(O)c2cc3ccccc3s2)CCNCC1.Cl. The van der Waals surface area contributed by atoms with Gasteiger partial charge >= 0.3 is 0 Å². The highest BCUT2D eigenvalue weighted by atomic mass is 35.5. The van der Waals surface area contributed by atoms with Gasteiger partial charge in [0, 0.05) is 23.2 Å². The van der Waals surface area contributed by atoms with Crippen molar-refractivity contribution in [3.63, 3.8) is 0 Å². The van der Waals surface area contributed by atoms with Gasteiger partial charge in [0.2, 0.25) is 0 Å². The summed E-state index contributed by atoms with van der Waals surface area (Å²) in [7, 11) is 1.58. The van der Waals surface area contributed by atoms with Gasteiger partial charge < -0.3 is 20.5 Å². The van der Waals surface area contributed by atoms with Gasteiger partial charge in [0.05, 0.1) is 0 Å². The summed E-state index contributed by atoms with van der Waals surface area (Å²) in [6, 6.07) is 10.00. The number of aliphatic hydroxyl groups is 1. The first-order valence-corrected chi connectivity index (χ1v) is 8.67. The lowest BCUT2D eigenvalue weighted by Gasteiger charge is -2.35. The van der Waals surface area contributed by atoms with Crippen molar-refractivity contribution in [3.05, 3.63) is 35.2 Å². The molecule has 3 rings (SSSR count). The Morgan fingerprint density at radius 3 is 2.79 bits per heavy atom. The van der Waals surface area contributed by atoms with Gasteiger partial charge in [0.25, 0.3) is 5.91 Å². The Hall–Kier alpha value is -1.18. The molecule has 0 radical (unpaired) electrons. The molecule has 1 saturated heterocycles. The van der Waals surface area contributed by atoms with Crippen LogP contribution in [0.4, 0.5) is 0 Å². The molecular formula is C17H23ClN2O3S. The molecule has 7 heteroatoms. The summed E-state index contributed by atoms with van der Waals surface area (Å²) in [5.74, 6) is -0.137. The zero-order valence-electron chi connectivity index (χ0n) is 13.6. The van der Waals surface area contributed by atoms with Crippen LogP contribution in [0.1, 0.15) is 23.8 Å². The molecule has 132 valence electrons. The number of aliphatic hydroxyl groups excluding tert-OH is 1. The fraction of sp³-hybridized carbons (Fsp3) is 0.471. The van der Waals surface area contributed by atoms with Crippen LogP contribution in [-0.4, -0.2) is 43.4 Å². The molecule has 0 aliphatic carbocycles. The third-order valence-electron chi connectivity index (χ3n) is 4.44. The second kappa shape index (κ2) is 8.27. The summed E-state index contributed by atoms with van der Waals surface area (Å²) < 4.78 is 6.63. The van der Waals surface area contributed by atoms with Crippen LogP contribution in [0.2, 0.25) is 0 Å². The minimum Gasteiger partial charge on any atom is -0.386 e. The van der Waals surface area contributed by atoms with E-state index in [1.165, 1.54) is 0 Å². The second-order valence-corrected chi connectivity index (χ2v) is 6.98. The van der Waals surface area contributed by atoms with Crippen LogP contribution in [0.15, 0.2) is 30.3 Å². The van der Waals surface area contributed by atoms with Crippen molar-refractivity contribution < 1.29 is 14.6 Å². The van der Waals surface area contributed by atoms with Crippen molar-refractivity contribution in [2.24, 2.45) is 0 Å². The van der Waals surface area contributed by atoms with Gasteiger partial charge in [-0.15, -0.1) is 23.7 Å². The number of hydrogen-bond acceptors (Lipinski definition) is 5. The van der Waals surface area contributed by atoms with E-state index < -0.39 is 11.7 Å². The summed E-state index contributed by atoms with van der Waals surface area (Å²) in [6.07, 6.45) is 0.592. The molecule has 5 nitrogen and oxygen atoms in total. The lowest BCUT2D eigenvalue weighted by Crippen LogP contribution is -2.54. The fourth-order valence-electron chi connectivity index (χ4n) is 2.97. The standard InChI is InChI=1S/C17H22N2O3S.ClH/c1-22-17(6-8-18-9-7-17)16(21)19-11-13(20)15-10-12-4-2-3-5-14(12)23-15;/h2-5,10,13,18,20H,6-9,11H2,1H3,(H,19,21);1H. The zero-order chi connectivity index (χ0) is 16.3. The lowest BCUT2D eigenvalue weighted by molar-refractivity contribution is -0.147. The Bertz CT molecular complexity index is 652. The van der Waals surface area contributed by atoms with Gasteiger partial charge in [0.1, 0.15) is 11.7 Å². The second-order valence-electron chi connectivity index (χ2n) is 5.86. The average molecular weight is 371 g/mol. The number of benzene rings is 1. The number of thiophene rings is 1. The Morgan fingerprint density at radius 2 is 2.12 bits per heavy atom. The predicted octanol–water partition coefficient (Wildman–Crippen LogP) is 2.24. The van der Waals surface area contributed by atoms with Crippen molar-refractivity contribution >= 4 is 39.7 Å². The average Bonchev–Trinajstić information content (AvgIpc) is 3.04. The minimum absolute atomic E-state index is 0. The maximum Gasteiger partial charge on any atom is 0.252 e. The number of methoxy groups -OCH3 is 1. The van der Waals surface area contributed by atoms with Gasteiger partial charge in [-0.1, -0.05) is 18.2 Å². The highest BCUT2D eigenvalue weighted by Gasteiger charge is 2.39. The zero-order valence-corrected chi connectivity index (χ0v) is 15.2. The van der Waals surface area contributed by atoms with E-state index in [1.807, 2.05) is 30.3 Å². The number of rotatable bonds is 5. The number of carbonyl (C=O) groups excluding carboxylic acids is 1. The number of fused-ring (bicyclic) bond motifs is 1. The largest absolute Gasteiger partial charge is 0.386 e. The van der Waals surface area contributed by atoms with Crippen molar-refractivity contribution in [3.8, 4) is 0 Å². The van der Waals surface area contributed by atoms with Crippen molar-refractivity contribution in [2.45, 2.75) is 24.5 Å². The predicted molar refractivity (Wildman–Crippen MR) is 98.9 cm³/mol. The number of halogens is 1. The molecule has 1 atom stereocenters. The Kier molecular flexibility index (Phi) is 6.60. The topological polar surface area (TPSA) is 70.6 Å². The molecule has 1 aromatic carbocycles. The van der Waals surface area contributed by atoms with E-state index in [2.05, 4.69) is 10.6 Å². The molecule has 1 amide bonds. The monoisotopic (exact) mass is 370 g/mol. The van der Waals surface area contributed by atoms with Crippen LogP contribution in [0.3, 0.4) is 0 Å². The van der Waals surface area contributed by atoms with Crippen molar-refractivity contribution in [1.29, 1.82) is 0 Å². The third kappa shape index (κ3) is 3.90. The highest BCUT2D eigenvalue weighted by molar-refractivity contribution is 7.19. The molecule has 3 N–H and O–H groups in total. The molecule has 1 unspecified atom stereocenters. The van der Waals surface area contributed by atoms with E-state index in [9.17, 15) is 9.90 Å². The number of piperidine rings is 1. The van der Waals surface area contributed by atoms with Gasteiger partial charge in [-0.05, 0) is 43.5 Å². The van der Waals surface area contributed by atoms with E-state index in [0.29, 0.717) is 12.8 Å². The van der Waals surface area contributed by atoms with E-state index in [1.54, 1.807) is 18.4 Å². The van der Waals surface area contributed by atoms with Crippen LogP contribution in [0, 0.1) is 0 Å². The Morgan fingerprint density at radius 1 is 1.42 bits per heavy atom. The normalized spacial score (nSPS) is 17.9. The maximum atomic E-state index is 12.5. The highest BCUT2D eigenvalue weighted by Crippen LogP contribution is 2.30. The smallest absolute Gasteiger partial charge is 0.252 e. The first-order chi connectivity index (χ1) is 11.1. The minimum atomic E-state index is -0.773. The maximum absolute atomic E-state index is 12.5. The van der Waals surface area contributed by atoms with Crippen molar-refractivity contribution in [2.75, 3.05) is 26.7 Å². The molecule has 2 aromatic rings. The number of hydrogen-bond donors (Lipinski definition) is 3. The molecular weight excluding hydrogens is 348 g/mol. The molecule has 0 saturated carbocycles. The van der Waals surface area contributed by atoms with Crippen LogP contribution < -0.4 is 10.6 Å². The summed E-state index contributed by atoms with van der Waals surface area (Å²) in [6.45, 7) is 1.73. The number of nitrogens with one attached hydrogen (secondary N) is 2. The summed E-state index contributed by atoms with van der Waals surface area (Å²) in [4.78, 5) is 13.4. The number of amides is 1. The first-order valence-electron chi connectivity index (χ1n) is 7.85. The molecule has 1 aromatic heterocycles. The van der Waals surface area contributed by atoms with Crippen LogP contribution in [-0.2, 0) is 9.53 Å². The van der Waals surface area contributed by atoms with Crippen LogP contribution >= 0.6 is 23.7 Å². The van der Waals surface area contributed by atoms with Gasteiger partial charge in [-0.3, -0.25) is 4.79 Å². The number of carbonyl (C=O) groups is 1. The summed E-state index contributed by atoms with van der Waals surface area (Å²) in [5, 5.41) is 17.6. The molecule has 1 aliphatic heterocycles. The summed E-state index contributed by atoms with van der Waals surface area (Å²) in [5.41, 5.74) is -0.773. The summed E-state index contributed by atoms with van der Waals surface area (Å²) >= 11 is 1.55. The third-order valence-corrected chi connectivity index (χ3v) is 5.66. The van der Waals surface area contributed by atoms with Gasteiger partial charge in [-0.25, -0.2) is 0 Å². The van der Waals surface area contributed by atoms with E-state index in [4.69, 9.17) is 4.74 Å². The van der Waals surface area contributed by atoms with E-state index in [-0.39, 0.29) is 24.9 Å². The quantitative estimate of drug-likeness (QED) is 0.755. The Balaban J connectivity index is 0.00000208. The Labute approximate surface area is 151 Å². The molecule has 2 heterocycles. The van der Waals surface area contributed by atoms with Gasteiger partial charge in [0.15, 0.2) is 0 Å².